The van der Waals surface area contributed by atoms with E-state index in [1.807, 2.05) is 0 Å². The Morgan fingerprint density at radius 2 is 2.00 bits per heavy atom. The second kappa shape index (κ2) is 3.37. The maximum Gasteiger partial charge on any atom is 0.122 e. The maximum atomic E-state index is 3.47. The molecule has 0 fully saturated rings. The van der Waals surface area contributed by atoms with E-state index in [0.29, 0.717) is 0 Å². The minimum absolute atomic E-state index is 0.421. The van der Waals surface area contributed by atoms with E-state index >= 15 is 0 Å². The van der Waals surface area contributed by atoms with Crippen molar-refractivity contribution in [2.75, 3.05) is 4.95 Å². The van der Waals surface area contributed by atoms with E-state index in [1.165, 1.54) is 4.95 Å². The van der Waals surface area contributed by atoms with Crippen molar-refractivity contribution in [1.82, 2.24) is 0 Å². The van der Waals surface area contributed by atoms with E-state index in [9.17, 15) is 0 Å². The van der Waals surface area contributed by atoms with Crippen LogP contribution in [0.15, 0.2) is 0 Å². The van der Waals surface area contributed by atoms with E-state index in [4.69, 9.17) is 0 Å². The third-order valence-corrected chi connectivity index (χ3v) is 7.13. The zero-order chi connectivity index (χ0) is 4.28. The summed E-state index contributed by atoms with van der Waals surface area (Å²) >= 11 is 6.79. The van der Waals surface area contributed by atoms with E-state index in [1.54, 1.807) is 0 Å². The van der Waals surface area contributed by atoms with Crippen molar-refractivity contribution in [3.63, 3.8) is 0 Å². The Bertz CT molecular complexity index is 21.6. The third kappa shape index (κ3) is 5.18. The molecule has 1 atom stereocenters. The predicted octanol–water partition coefficient (Wildman–Crippen LogP) is 1.67. The summed E-state index contributed by atoms with van der Waals surface area (Å²) in [6.07, 6.45) is 0. The molecule has 0 amide bonds. The van der Waals surface area contributed by atoms with E-state index in [-0.39, 0.29) is 0 Å². The summed E-state index contributed by atoms with van der Waals surface area (Å²) in [6.45, 7) is 2.23. The monoisotopic (exact) mass is 216 g/mol. The summed E-state index contributed by atoms with van der Waals surface area (Å²) in [7, 11) is -0.421. The van der Waals surface area contributed by atoms with Crippen molar-refractivity contribution in [1.29, 1.82) is 0 Å². The lowest BCUT2D eigenvalue weighted by atomic mass is 11.9. The van der Waals surface area contributed by atoms with Gasteiger partial charge in [0.1, 0.15) is 7.42 Å². The minimum Gasteiger partial charge on any atom is -0.130 e. The molecule has 0 nitrogen and oxygen atoms in total. The first-order chi connectivity index (χ1) is 2.27. The summed E-state index contributed by atoms with van der Waals surface area (Å²) in [4.78, 5) is 1.17. The summed E-state index contributed by atoms with van der Waals surface area (Å²) in [5.41, 5.74) is 0. The zero-order valence-electron chi connectivity index (χ0n) is 3.04. The van der Waals surface area contributed by atoms with Gasteiger partial charge in [0, 0.05) is 4.95 Å². The molecule has 0 aromatic heterocycles. The topological polar surface area (TPSA) is 0 Å². The Hall–Kier alpha value is 1.18. The zero-order valence-corrected chi connectivity index (χ0v) is 7.37. The lowest BCUT2D eigenvalue weighted by Gasteiger charge is -1.83. The standard InChI is InChI=1S/C2H6Br2Si/c1-5(4)2-3/h5H,2H2,1H3. The van der Waals surface area contributed by atoms with Gasteiger partial charge < -0.3 is 0 Å². The van der Waals surface area contributed by atoms with Crippen LogP contribution in [0.25, 0.3) is 0 Å². The molecule has 0 saturated heterocycles. The first-order valence-electron chi connectivity index (χ1n) is 1.47. The van der Waals surface area contributed by atoms with Crippen LogP contribution in [0.3, 0.4) is 0 Å². The minimum atomic E-state index is -0.421. The van der Waals surface area contributed by atoms with Gasteiger partial charge in [0.2, 0.25) is 0 Å². The van der Waals surface area contributed by atoms with Crippen molar-refractivity contribution < 1.29 is 0 Å². The van der Waals surface area contributed by atoms with Crippen LogP contribution in [-0.4, -0.2) is 12.4 Å². The summed E-state index contributed by atoms with van der Waals surface area (Å²) in [5, 5.41) is 0. The third-order valence-electron chi connectivity index (χ3n) is 0.213. The molecule has 0 N–H and O–H groups in total. The Morgan fingerprint density at radius 1 is 1.80 bits per heavy atom. The normalized spacial score (nSPS) is 15.0. The van der Waals surface area contributed by atoms with Crippen LogP contribution >= 0.6 is 31.2 Å². The number of hydrogen-bond acceptors (Lipinski definition) is 0. The summed E-state index contributed by atoms with van der Waals surface area (Å²) in [5.74, 6) is 0. The number of hydrogen-bond donors (Lipinski definition) is 0. The molecule has 0 heterocycles. The molecule has 0 aromatic rings. The van der Waals surface area contributed by atoms with Gasteiger partial charge in [0.15, 0.2) is 0 Å². The van der Waals surface area contributed by atoms with E-state index in [2.05, 4.69) is 37.8 Å². The Balaban J connectivity index is 2.54. The summed E-state index contributed by atoms with van der Waals surface area (Å²) < 4.78 is 0. The predicted molar refractivity (Wildman–Crippen MR) is 35.7 cm³/mol. The molecule has 0 spiro atoms. The van der Waals surface area contributed by atoms with Gasteiger partial charge in [-0.1, -0.05) is 22.5 Å². The first kappa shape index (κ1) is 6.18. The van der Waals surface area contributed by atoms with Crippen LogP contribution in [0, 0.1) is 0 Å². The molecule has 0 aromatic carbocycles. The average Bonchev–Trinajstić information content (AvgIpc) is 1.38. The molecular formula is C2H6Br2Si. The smallest absolute Gasteiger partial charge is 0.122 e. The summed E-state index contributed by atoms with van der Waals surface area (Å²) in [6, 6.07) is 0. The second-order valence-corrected chi connectivity index (χ2v) is 9.44. The van der Waals surface area contributed by atoms with Gasteiger partial charge in [-0.15, -0.1) is 15.3 Å². The van der Waals surface area contributed by atoms with Crippen molar-refractivity contribution in [2.45, 2.75) is 6.55 Å². The molecule has 0 bridgehead atoms. The number of alkyl halides is 1. The van der Waals surface area contributed by atoms with Crippen molar-refractivity contribution in [2.24, 2.45) is 0 Å². The molecule has 5 heavy (non-hydrogen) atoms. The molecule has 0 aliphatic rings. The number of halogens is 2. The van der Waals surface area contributed by atoms with Crippen LogP contribution < -0.4 is 0 Å². The van der Waals surface area contributed by atoms with Crippen LogP contribution in [0.5, 0.6) is 0 Å². The van der Waals surface area contributed by atoms with Crippen LogP contribution in [0.4, 0.5) is 0 Å². The molecule has 32 valence electrons. The van der Waals surface area contributed by atoms with Gasteiger partial charge >= 0.3 is 0 Å². The lowest BCUT2D eigenvalue weighted by molar-refractivity contribution is 2.08. The van der Waals surface area contributed by atoms with Crippen LogP contribution in [0.2, 0.25) is 6.55 Å². The lowest BCUT2D eigenvalue weighted by Crippen LogP contribution is -1.93. The fourth-order valence-corrected chi connectivity index (χ4v) is 0. The quantitative estimate of drug-likeness (QED) is 0.356. The van der Waals surface area contributed by atoms with Crippen molar-refractivity contribution in [3.05, 3.63) is 0 Å². The highest BCUT2D eigenvalue weighted by Crippen LogP contribution is 1.94. The molecule has 0 saturated carbocycles. The first-order valence-corrected chi connectivity index (χ1v) is 7.75. The molecule has 0 aliphatic heterocycles. The van der Waals surface area contributed by atoms with E-state index in [0.717, 1.165) is 0 Å². The average molecular weight is 218 g/mol. The number of rotatable bonds is 1. The molecule has 3 heteroatoms. The van der Waals surface area contributed by atoms with Crippen molar-refractivity contribution in [3.8, 4) is 0 Å². The largest absolute Gasteiger partial charge is 0.130 e. The second-order valence-electron chi connectivity index (χ2n) is 0.935. The Labute approximate surface area is 50.3 Å². The van der Waals surface area contributed by atoms with Gasteiger partial charge in [-0.05, 0) is 0 Å². The van der Waals surface area contributed by atoms with Gasteiger partial charge in [0.25, 0.3) is 0 Å². The SMILES string of the molecule is C[SiH](Br)CBr. The Kier molecular flexibility index (Phi) is 4.16. The van der Waals surface area contributed by atoms with Gasteiger partial charge in [-0.2, -0.15) is 0 Å². The van der Waals surface area contributed by atoms with E-state index < -0.39 is 7.42 Å². The van der Waals surface area contributed by atoms with Crippen molar-refractivity contribution >= 4 is 38.6 Å². The fourth-order valence-electron chi connectivity index (χ4n) is 0. The van der Waals surface area contributed by atoms with Gasteiger partial charge in [-0.25, -0.2) is 0 Å². The molecule has 0 radical (unpaired) electrons. The van der Waals surface area contributed by atoms with Crippen LogP contribution in [-0.2, 0) is 0 Å². The van der Waals surface area contributed by atoms with Gasteiger partial charge in [0.05, 0.1) is 0 Å². The van der Waals surface area contributed by atoms with Crippen LogP contribution in [0.1, 0.15) is 0 Å². The molecule has 0 aliphatic carbocycles. The fraction of sp³-hybridized carbons (Fsp3) is 1.00. The highest BCUT2D eigenvalue weighted by molar-refractivity contribution is 9.26. The molecular weight excluding hydrogens is 212 g/mol. The highest BCUT2D eigenvalue weighted by Gasteiger charge is 1.87. The molecule has 0 rings (SSSR count). The molecule has 1 unspecified atom stereocenters. The maximum absolute atomic E-state index is 3.47. The highest BCUT2D eigenvalue weighted by atomic mass is 79.9. The Morgan fingerprint density at radius 3 is 2.00 bits per heavy atom. The van der Waals surface area contributed by atoms with Gasteiger partial charge in [-0.3, -0.25) is 0 Å².